The average molecular weight is 174 g/mol. The van der Waals surface area contributed by atoms with Crippen LogP contribution in [0.5, 0.6) is 0 Å². The zero-order valence-electron chi connectivity index (χ0n) is 6.21. The van der Waals surface area contributed by atoms with Crippen LogP contribution in [0.25, 0.3) is 0 Å². The SMILES string of the molecule is Cl.NCc1cc(C2CC2)n[nH]1. The van der Waals surface area contributed by atoms with Crippen molar-refractivity contribution >= 4 is 12.4 Å². The van der Waals surface area contributed by atoms with E-state index >= 15 is 0 Å². The third-order valence-electron chi connectivity index (χ3n) is 1.87. The Labute approximate surface area is 71.8 Å². The molecule has 1 heterocycles. The molecule has 0 spiro atoms. The van der Waals surface area contributed by atoms with Crippen LogP contribution in [0.15, 0.2) is 6.07 Å². The molecule has 62 valence electrons. The fourth-order valence-electron chi connectivity index (χ4n) is 1.07. The van der Waals surface area contributed by atoms with Crippen molar-refractivity contribution in [1.82, 2.24) is 10.2 Å². The van der Waals surface area contributed by atoms with Crippen LogP contribution in [-0.2, 0) is 6.54 Å². The highest BCUT2D eigenvalue weighted by molar-refractivity contribution is 5.85. The summed E-state index contributed by atoms with van der Waals surface area (Å²) in [6.45, 7) is 0.569. The van der Waals surface area contributed by atoms with Crippen LogP contribution < -0.4 is 5.73 Å². The molecule has 1 aliphatic carbocycles. The molecule has 1 saturated carbocycles. The van der Waals surface area contributed by atoms with Crippen LogP contribution in [0.2, 0.25) is 0 Å². The van der Waals surface area contributed by atoms with Crippen molar-refractivity contribution in [3.8, 4) is 0 Å². The topological polar surface area (TPSA) is 54.7 Å². The lowest BCUT2D eigenvalue weighted by molar-refractivity contribution is 0.918. The van der Waals surface area contributed by atoms with Crippen molar-refractivity contribution in [2.75, 3.05) is 0 Å². The van der Waals surface area contributed by atoms with Gasteiger partial charge in [-0.1, -0.05) is 0 Å². The van der Waals surface area contributed by atoms with Gasteiger partial charge in [0.05, 0.1) is 5.69 Å². The van der Waals surface area contributed by atoms with Crippen LogP contribution >= 0.6 is 12.4 Å². The zero-order chi connectivity index (χ0) is 6.97. The molecule has 1 aliphatic rings. The Bertz CT molecular complexity index is 229. The summed E-state index contributed by atoms with van der Waals surface area (Å²) in [6.07, 6.45) is 2.60. The van der Waals surface area contributed by atoms with Crippen LogP contribution in [0, 0.1) is 0 Å². The minimum atomic E-state index is 0. The summed E-state index contributed by atoms with van der Waals surface area (Å²) in [5.41, 5.74) is 7.65. The van der Waals surface area contributed by atoms with Gasteiger partial charge < -0.3 is 5.73 Å². The fraction of sp³-hybridized carbons (Fsp3) is 0.571. The Morgan fingerprint density at radius 2 is 2.36 bits per heavy atom. The van der Waals surface area contributed by atoms with Crippen LogP contribution in [0.1, 0.15) is 30.1 Å². The van der Waals surface area contributed by atoms with Crippen molar-refractivity contribution in [1.29, 1.82) is 0 Å². The van der Waals surface area contributed by atoms with Gasteiger partial charge in [0, 0.05) is 18.2 Å². The number of hydrogen-bond acceptors (Lipinski definition) is 2. The van der Waals surface area contributed by atoms with Gasteiger partial charge in [-0.3, -0.25) is 5.10 Å². The van der Waals surface area contributed by atoms with Gasteiger partial charge in [0.25, 0.3) is 0 Å². The van der Waals surface area contributed by atoms with Crippen molar-refractivity contribution in [2.45, 2.75) is 25.3 Å². The van der Waals surface area contributed by atoms with Gasteiger partial charge in [-0.15, -0.1) is 12.4 Å². The van der Waals surface area contributed by atoms with E-state index in [1.165, 1.54) is 18.5 Å². The Kier molecular flexibility index (Phi) is 2.52. The molecule has 1 aromatic rings. The number of aromatic nitrogens is 2. The van der Waals surface area contributed by atoms with E-state index < -0.39 is 0 Å². The molecule has 11 heavy (non-hydrogen) atoms. The Balaban J connectivity index is 0.000000605. The average Bonchev–Trinajstić information content (AvgIpc) is 2.70. The second-order valence-corrected chi connectivity index (χ2v) is 2.80. The zero-order valence-corrected chi connectivity index (χ0v) is 7.03. The predicted molar refractivity (Wildman–Crippen MR) is 45.7 cm³/mol. The maximum Gasteiger partial charge on any atom is 0.0656 e. The maximum absolute atomic E-state index is 5.41. The third-order valence-corrected chi connectivity index (χ3v) is 1.87. The van der Waals surface area contributed by atoms with Crippen LogP contribution in [0.3, 0.4) is 0 Å². The standard InChI is InChI=1S/C7H11N3.ClH/c8-4-6-3-7(10-9-6)5-1-2-5;/h3,5H,1-2,4,8H2,(H,9,10);1H. The quantitative estimate of drug-likeness (QED) is 0.706. The Morgan fingerprint density at radius 1 is 1.64 bits per heavy atom. The number of halogens is 1. The normalized spacial score (nSPS) is 16.1. The third kappa shape index (κ3) is 1.73. The summed E-state index contributed by atoms with van der Waals surface area (Å²) < 4.78 is 0. The highest BCUT2D eigenvalue weighted by Crippen LogP contribution is 2.38. The lowest BCUT2D eigenvalue weighted by Crippen LogP contribution is -1.95. The summed E-state index contributed by atoms with van der Waals surface area (Å²) in [7, 11) is 0. The van der Waals surface area contributed by atoms with E-state index in [1.54, 1.807) is 0 Å². The summed E-state index contributed by atoms with van der Waals surface area (Å²) in [4.78, 5) is 0. The number of rotatable bonds is 2. The molecule has 2 rings (SSSR count). The number of H-pyrrole nitrogens is 1. The molecule has 0 amide bonds. The van der Waals surface area contributed by atoms with E-state index in [1.807, 2.05) is 0 Å². The lowest BCUT2D eigenvalue weighted by atomic mass is 10.3. The summed E-state index contributed by atoms with van der Waals surface area (Å²) >= 11 is 0. The molecule has 0 saturated heterocycles. The van der Waals surface area contributed by atoms with Gasteiger partial charge in [0.15, 0.2) is 0 Å². The summed E-state index contributed by atoms with van der Waals surface area (Å²) in [6, 6.07) is 2.07. The van der Waals surface area contributed by atoms with Crippen LogP contribution in [0.4, 0.5) is 0 Å². The molecule has 0 atom stereocenters. The second kappa shape index (κ2) is 3.24. The molecule has 0 aromatic carbocycles. The molecule has 3 nitrogen and oxygen atoms in total. The molecule has 1 fully saturated rings. The first-order chi connectivity index (χ1) is 4.90. The minimum Gasteiger partial charge on any atom is -0.325 e. The lowest BCUT2D eigenvalue weighted by Gasteiger charge is -1.82. The van der Waals surface area contributed by atoms with Gasteiger partial charge in [0.1, 0.15) is 0 Å². The molecule has 1 aromatic heterocycles. The molecular formula is C7H12ClN3. The maximum atomic E-state index is 5.41. The van der Waals surface area contributed by atoms with Crippen molar-refractivity contribution < 1.29 is 0 Å². The summed E-state index contributed by atoms with van der Waals surface area (Å²) in [5.74, 6) is 0.733. The Morgan fingerprint density at radius 3 is 2.82 bits per heavy atom. The molecule has 0 aliphatic heterocycles. The first-order valence-electron chi connectivity index (χ1n) is 3.64. The molecule has 0 unspecified atom stereocenters. The van der Waals surface area contributed by atoms with Gasteiger partial charge in [-0.05, 0) is 18.9 Å². The highest BCUT2D eigenvalue weighted by Gasteiger charge is 2.25. The summed E-state index contributed by atoms with van der Waals surface area (Å²) in [5, 5.41) is 7.05. The van der Waals surface area contributed by atoms with E-state index in [-0.39, 0.29) is 12.4 Å². The first kappa shape index (κ1) is 8.56. The van der Waals surface area contributed by atoms with Crippen molar-refractivity contribution in [2.24, 2.45) is 5.73 Å². The number of nitrogens with zero attached hydrogens (tertiary/aromatic N) is 1. The van der Waals surface area contributed by atoms with Crippen molar-refractivity contribution in [3.05, 3.63) is 17.5 Å². The number of aromatic amines is 1. The van der Waals surface area contributed by atoms with E-state index in [4.69, 9.17) is 5.73 Å². The van der Waals surface area contributed by atoms with Gasteiger partial charge in [-0.2, -0.15) is 5.10 Å². The number of hydrogen-bond donors (Lipinski definition) is 2. The fourth-order valence-corrected chi connectivity index (χ4v) is 1.07. The van der Waals surface area contributed by atoms with Gasteiger partial charge >= 0.3 is 0 Å². The molecule has 0 bridgehead atoms. The van der Waals surface area contributed by atoms with E-state index in [9.17, 15) is 0 Å². The molecule has 0 radical (unpaired) electrons. The van der Waals surface area contributed by atoms with E-state index in [0.29, 0.717) is 6.54 Å². The molecule has 4 heteroatoms. The highest BCUT2D eigenvalue weighted by atomic mass is 35.5. The molecular weight excluding hydrogens is 162 g/mol. The minimum absolute atomic E-state index is 0. The number of nitrogens with two attached hydrogens (primary N) is 1. The largest absolute Gasteiger partial charge is 0.325 e. The molecule has 3 N–H and O–H groups in total. The first-order valence-corrected chi connectivity index (χ1v) is 3.64. The predicted octanol–water partition coefficient (Wildman–Crippen LogP) is 1.17. The van der Waals surface area contributed by atoms with Gasteiger partial charge in [-0.25, -0.2) is 0 Å². The Hall–Kier alpha value is -0.540. The number of nitrogens with one attached hydrogen (secondary N) is 1. The van der Waals surface area contributed by atoms with Crippen LogP contribution in [-0.4, -0.2) is 10.2 Å². The smallest absolute Gasteiger partial charge is 0.0656 e. The van der Waals surface area contributed by atoms with E-state index in [2.05, 4.69) is 16.3 Å². The monoisotopic (exact) mass is 173 g/mol. The van der Waals surface area contributed by atoms with E-state index in [0.717, 1.165) is 11.6 Å². The van der Waals surface area contributed by atoms with Crippen molar-refractivity contribution in [3.63, 3.8) is 0 Å². The second-order valence-electron chi connectivity index (χ2n) is 2.80. The van der Waals surface area contributed by atoms with Gasteiger partial charge in [0.2, 0.25) is 0 Å².